The number of nitrogens with one attached hydrogen (secondary N) is 1. The lowest BCUT2D eigenvalue weighted by Gasteiger charge is -2.39. The highest BCUT2D eigenvalue weighted by molar-refractivity contribution is 7.99. The van der Waals surface area contributed by atoms with Crippen molar-refractivity contribution in [2.75, 3.05) is 44.2 Å². The summed E-state index contributed by atoms with van der Waals surface area (Å²) in [5, 5.41) is 3.41. The molecule has 2 aliphatic heterocycles. The van der Waals surface area contributed by atoms with Gasteiger partial charge in [0.15, 0.2) is 5.96 Å². The Labute approximate surface area is 143 Å². The molecule has 2 heterocycles. The third kappa shape index (κ3) is 5.34. The molecule has 1 saturated heterocycles. The maximum atomic E-state index is 12.2. The van der Waals surface area contributed by atoms with E-state index in [0.29, 0.717) is 13.1 Å². The van der Waals surface area contributed by atoms with Crippen LogP contribution in [0.1, 0.15) is 20.8 Å². The molecule has 0 aromatic rings. The van der Waals surface area contributed by atoms with E-state index in [0.717, 1.165) is 37.1 Å². The highest BCUT2D eigenvalue weighted by Gasteiger charge is 2.36. The van der Waals surface area contributed by atoms with Crippen molar-refractivity contribution in [3.05, 3.63) is 12.7 Å². The smallest absolute Gasteiger partial charge is 0.410 e. The maximum absolute atomic E-state index is 12.2. The highest BCUT2D eigenvalue weighted by Crippen LogP contribution is 2.18. The number of carbonyl (C=O) groups is 1. The van der Waals surface area contributed by atoms with Crippen LogP contribution < -0.4 is 5.32 Å². The standard InChI is InChI=1S/C16H28N4O2S/c1-5-9-23-10-6-17-14-18-11-13-12-19(7-8-20(13)14)15(21)22-16(2,3)4/h5,13H,1,6-12H2,2-4H3,(H,17,18). The maximum Gasteiger partial charge on any atom is 0.410 e. The fourth-order valence-electron chi connectivity index (χ4n) is 2.62. The molecule has 2 rings (SSSR count). The van der Waals surface area contributed by atoms with Crippen LogP contribution in [0.25, 0.3) is 0 Å². The summed E-state index contributed by atoms with van der Waals surface area (Å²) in [6, 6.07) is 0.264. The van der Waals surface area contributed by atoms with E-state index in [1.165, 1.54) is 0 Å². The van der Waals surface area contributed by atoms with Crippen LogP contribution in [0.2, 0.25) is 0 Å². The third-order valence-corrected chi connectivity index (χ3v) is 4.59. The molecule has 1 unspecified atom stereocenters. The van der Waals surface area contributed by atoms with Crippen LogP contribution in [0, 0.1) is 0 Å². The number of guanidine groups is 1. The minimum absolute atomic E-state index is 0.223. The molecule has 1 fully saturated rings. The van der Waals surface area contributed by atoms with Crippen molar-refractivity contribution in [3.63, 3.8) is 0 Å². The van der Waals surface area contributed by atoms with Gasteiger partial charge in [0, 0.05) is 37.7 Å². The number of hydrogen-bond acceptors (Lipinski definition) is 6. The summed E-state index contributed by atoms with van der Waals surface area (Å²) in [6.45, 7) is 13.2. The molecule has 130 valence electrons. The lowest BCUT2D eigenvalue weighted by molar-refractivity contribution is 0.0137. The zero-order chi connectivity index (χ0) is 16.9. The van der Waals surface area contributed by atoms with Crippen molar-refractivity contribution in [2.24, 2.45) is 4.99 Å². The van der Waals surface area contributed by atoms with E-state index >= 15 is 0 Å². The van der Waals surface area contributed by atoms with Crippen LogP contribution in [0.3, 0.4) is 0 Å². The fraction of sp³-hybridized carbons (Fsp3) is 0.750. The van der Waals surface area contributed by atoms with Crippen molar-refractivity contribution >= 4 is 23.8 Å². The Kier molecular flexibility index (Phi) is 6.21. The molecule has 23 heavy (non-hydrogen) atoms. The topological polar surface area (TPSA) is 57.2 Å². The van der Waals surface area contributed by atoms with Gasteiger partial charge < -0.3 is 19.9 Å². The van der Waals surface area contributed by atoms with Gasteiger partial charge in [-0.1, -0.05) is 6.08 Å². The van der Waals surface area contributed by atoms with Gasteiger partial charge in [-0.3, -0.25) is 4.99 Å². The Morgan fingerprint density at radius 3 is 3.00 bits per heavy atom. The van der Waals surface area contributed by atoms with Crippen LogP contribution >= 0.6 is 11.8 Å². The predicted molar refractivity (Wildman–Crippen MR) is 96.1 cm³/mol. The van der Waals surface area contributed by atoms with Gasteiger partial charge >= 0.3 is 6.09 Å². The normalized spacial score (nSPS) is 20.8. The number of rotatable bonds is 5. The van der Waals surface area contributed by atoms with Gasteiger partial charge in [-0.25, -0.2) is 4.79 Å². The summed E-state index contributed by atoms with van der Waals surface area (Å²) in [6.07, 6.45) is 1.70. The summed E-state index contributed by atoms with van der Waals surface area (Å²) >= 11 is 1.85. The van der Waals surface area contributed by atoms with Crippen molar-refractivity contribution in [2.45, 2.75) is 32.4 Å². The van der Waals surface area contributed by atoms with Crippen molar-refractivity contribution in [1.82, 2.24) is 15.1 Å². The molecule has 0 aliphatic carbocycles. The van der Waals surface area contributed by atoms with Gasteiger partial charge in [0.1, 0.15) is 5.60 Å². The van der Waals surface area contributed by atoms with E-state index in [-0.39, 0.29) is 12.1 Å². The fourth-order valence-corrected chi connectivity index (χ4v) is 3.20. The number of thioether (sulfide) groups is 1. The van der Waals surface area contributed by atoms with E-state index in [1.807, 2.05) is 38.6 Å². The number of hydrogen-bond donors (Lipinski definition) is 1. The molecule has 0 aromatic heterocycles. The number of piperazine rings is 1. The number of fused-ring (bicyclic) bond motifs is 1. The second-order valence-electron chi connectivity index (χ2n) is 6.73. The quantitative estimate of drug-likeness (QED) is 0.611. The Morgan fingerprint density at radius 1 is 1.52 bits per heavy atom. The molecule has 0 bridgehead atoms. The average Bonchev–Trinajstić information content (AvgIpc) is 2.88. The lowest BCUT2D eigenvalue weighted by atomic mass is 10.2. The van der Waals surface area contributed by atoms with Gasteiger partial charge in [0.2, 0.25) is 0 Å². The summed E-state index contributed by atoms with van der Waals surface area (Å²) in [5.41, 5.74) is -0.448. The zero-order valence-corrected chi connectivity index (χ0v) is 15.2. The molecule has 0 aromatic carbocycles. The summed E-state index contributed by atoms with van der Waals surface area (Å²) in [5.74, 6) is 2.98. The largest absolute Gasteiger partial charge is 0.444 e. The molecule has 2 aliphatic rings. The molecule has 0 spiro atoms. The molecular formula is C16H28N4O2S. The molecule has 1 amide bonds. The van der Waals surface area contributed by atoms with Crippen LogP contribution in [0.5, 0.6) is 0 Å². The van der Waals surface area contributed by atoms with Crippen LogP contribution in [-0.2, 0) is 4.74 Å². The second kappa shape index (κ2) is 7.95. The van der Waals surface area contributed by atoms with Crippen molar-refractivity contribution in [1.29, 1.82) is 0 Å². The highest BCUT2D eigenvalue weighted by atomic mass is 32.2. The van der Waals surface area contributed by atoms with Crippen molar-refractivity contribution < 1.29 is 9.53 Å². The van der Waals surface area contributed by atoms with Gasteiger partial charge in [-0.05, 0) is 20.8 Å². The lowest BCUT2D eigenvalue weighted by Crippen LogP contribution is -2.57. The molecular weight excluding hydrogens is 312 g/mol. The number of aliphatic imine (C=N–C) groups is 1. The van der Waals surface area contributed by atoms with E-state index in [2.05, 4.69) is 21.8 Å². The van der Waals surface area contributed by atoms with Crippen LogP contribution in [-0.4, -0.2) is 77.7 Å². The van der Waals surface area contributed by atoms with Gasteiger partial charge in [-0.2, -0.15) is 11.8 Å². The first-order valence-corrected chi connectivity index (χ1v) is 9.27. The first kappa shape index (κ1) is 18.0. The van der Waals surface area contributed by atoms with Gasteiger partial charge in [-0.15, -0.1) is 6.58 Å². The Hall–Kier alpha value is -1.37. The van der Waals surface area contributed by atoms with Gasteiger partial charge in [0.05, 0.1) is 12.6 Å². The van der Waals surface area contributed by atoms with Crippen molar-refractivity contribution in [3.8, 4) is 0 Å². The summed E-state index contributed by atoms with van der Waals surface area (Å²) < 4.78 is 5.46. The molecule has 1 N–H and O–H groups in total. The predicted octanol–water partition coefficient (Wildman–Crippen LogP) is 1.79. The monoisotopic (exact) mass is 340 g/mol. The van der Waals surface area contributed by atoms with Gasteiger partial charge in [0.25, 0.3) is 0 Å². The molecule has 1 atom stereocenters. The minimum atomic E-state index is -0.448. The van der Waals surface area contributed by atoms with E-state index in [4.69, 9.17) is 4.74 Å². The number of nitrogens with zero attached hydrogens (tertiary/aromatic N) is 3. The van der Waals surface area contributed by atoms with E-state index in [9.17, 15) is 4.79 Å². The molecule has 0 saturated carbocycles. The van der Waals surface area contributed by atoms with E-state index < -0.39 is 5.60 Å². The number of ether oxygens (including phenoxy) is 1. The Bertz CT molecular complexity index is 461. The summed E-state index contributed by atoms with van der Waals surface area (Å²) in [7, 11) is 0. The van der Waals surface area contributed by atoms with Crippen LogP contribution in [0.4, 0.5) is 4.79 Å². The summed E-state index contributed by atoms with van der Waals surface area (Å²) in [4.78, 5) is 20.8. The number of carbonyl (C=O) groups excluding carboxylic acids is 1. The first-order valence-electron chi connectivity index (χ1n) is 8.12. The molecule has 0 radical (unpaired) electrons. The zero-order valence-electron chi connectivity index (χ0n) is 14.4. The first-order chi connectivity index (χ1) is 10.9. The Balaban J connectivity index is 1.76. The third-order valence-electron chi connectivity index (χ3n) is 3.62. The number of amides is 1. The Morgan fingerprint density at radius 2 is 2.30 bits per heavy atom. The minimum Gasteiger partial charge on any atom is -0.444 e. The second-order valence-corrected chi connectivity index (χ2v) is 7.88. The SMILES string of the molecule is C=CCSCCNC1=NCC2CN(C(=O)OC(C)(C)C)CCN12. The molecule has 7 heteroatoms. The van der Waals surface area contributed by atoms with Crippen LogP contribution in [0.15, 0.2) is 17.6 Å². The average molecular weight is 340 g/mol. The molecule has 6 nitrogen and oxygen atoms in total. The van der Waals surface area contributed by atoms with E-state index in [1.54, 1.807) is 4.90 Å².